The van der Waals surface area contributed by atoms with E-state index in [-0.39, 0.29) is 11.4 Å². The first-order chi connectivity index (χ1) is 9.42. The van der Waals surface area contributed by atoms with Gasteiger partial charge in [-0.1, -0.05) is 0 Å². The molecule has 1 aromatic carbocycles. The Morgan fingerprint density at radius 2 is 2.05 bits per heavy atom. The molecule has 6 nitrogen and oxygen atoms in total. The van der Waals surface area contributed by atoms with E-state index in [0.29, 0.717) is 17.2 Å². The Hall–Kier alpha value is -1.99. The normalized spacial score (nSPS) is 11.5. The van der Waals surface area contributed by atoms with Gasteiger partial charge in [-0.05, 0) is 31.2 Å². The quantitative estimate of drug-likeness (QED) is 0.818. The molecule has 0 amide bonds. The third-order valence-electron chi connectivity index (χ3n) is 2.75. The molecule has 0 saturated carbocycles. The molecule has 0 aliphatic heterocycles. The van der Waals surface area contributed by atoms with Gasteiger partial charge < -0.3 is 14.9 Å². The Kier molecular flexibility index (Phi) is 4.01. The molecule has 0 aliphatic rings. The number of aryl methyl sites for hydroxylation is 1. The number of nitrogens with two attached hydrogens (primary N) is 1. The Morgan fingerprint density at radius 3 is 2.65 bits per heavy atom. The minimum Gasteiger partial charge on any atom is -0.495 e. The summed E-state index contributed by atoms with van der Waals surface area (Å²) in [4.78, 5) is 0.0897. The number of nitrogens with one attached hydrogen (secondary N) is 1. The molecule has 0 atom stereocenters. The van der Waals surface area contributed by atoms with Crippen molar-refractivity contribution in [3.05, 3.63) is 41.9 Å². The standard InChI is InChI=1S/C13H16N2O4S/c1-9-3-4-10(19-9)8-15-20(16,17)11-5-6-12(14)13(7-11)18-2/h3-7,15H,8,14H2,1-2H3. The molecule has 0 unspecified atom stereocenters. The molecule has 2 aromatic rings. The lowest BCUT2D eigenvalue weighted by Crippen LogP contribution is -2.23. The Morgan fingerprint density at radius 1 is 1.30 bits per heavy atom. The van der Waals surface area contributed by atoms with Crippen molar-refractivity contribution in [2.45, 2.75) is 18.4 Å². The summed E-state index contributed by atoms with van der Waals surface area (Å²) in [5.41, 5.74) is 6.04. The molecule has 3 N–H and O–H groups in total. The topological polar surface area (TPSA) is 94.6 Å². The summed E-state index contributed by atoms with van der Waals surface area (Å²) in [6.45, 7) is 1.88. The summed E-state index contributed by atoms with van der Waals surface area (Å²) in [5, 5.41) is 0. The second-order valence-electron chi connectivity index (χ2n) is 4.24. The van der Waals surface area contributed by atoms with E-state index in [1.165, 1.54) is 25.3 Å². The molecule has 7 heteroatoms. The van der Waals surface area contributed by atoms with Gasteiger partial charge in [0.15, 0.2) is 0 Å². The van der Waals surface area contributed by atoms with Crippen molar-refractivity contribution in [2.24, 2.45) is 0 Å². The van der Waals surface area contributed by atoms with Gasteiger partial charge in [-0.3, -0.25) is 0 Å². The monoisotopic (exact) mass is 296 g/mol. The van der Waals surface area contributed by atoms with Crippen LogP contribution in [0.2, 0.25) is 0 Å². The lowest BCUT2D eigenvalue weighted by atomic mass is 10.3. The Bertz CT molecular complexity index is 707. The first-order valence-electron chi connectivity index (χ1n) is 5.91. The van der Waals surface area contributed by atoms with Crippen molar-refractivity contribution in [3.63, 3.8) is 0 Å². The molecule has 108 valence electrons. The van der Waals surface area contributed by atoms with Crippen LogP contribution in [-0.4, -0.2) is 15.5 Å². The second-order valence-corrected chi connectivity index (χ2v) is 6.01. The van der Waals surface area contributed by atoms with Gasteiger partial charge in [0.05, 0.1) is 24.2 Å². The number of nitrogen functional groups attached to an aromatic ring is 1. The zero-order valence-corrected chi connectivity index (χ0v) is 12.0. The van der Waals surface area contributed by atoms with Gasteiger partial charge in [0, 0.05) is 6.07 Å². The zero-order valence-electron chi connectivity index (χ0n) is 11.2. The maximum Gasteiger partial charge on any atom is 0.241 e. The van der Waals surface area contributed by atoms with Crippen LogP contribution in [0.4, 0.5) is 5.69 Å². The Balaban J connectivity index is 2.17. The number of ether oxygens (including phenoxy) is 1. The number of furan rings is 1. The number of benzene rings is 1. The largest absolute Gasteiger partial charge is 0.495 e. The summed E-state index contributed by atoms with van der Waals surface area (Å²) in [7, 11) is -2.21. The average molecular weight is 296 g/mol. The van der Waals surface area contributed by atoms with Crippen molar-refractivity contribution in [1.82, 2.24) is 4.72 Å². The van der Waals surface area contributed by atoms with Gasteiger partial charge in [-0.15, -0.1) is 0 Å². The van der Waals surface area contributed by atoms with E-state index in [9.17, 15) is 8.42 Å². The van der Waals surface area contributed by atoms with Crippen LogP contribution in [0.5, 0.6) is 5.75 Å². The summed E-state index contributed by atoms with van der Waals surface area (Å²) >= 11 is 0. The number of sulfonamides is 1. The molecule has 2 rings (SSSR count). The highest BCUT2D eigenvalue weighted by Gasteiger charge is 2.16. The highest BCUT2D eigenvalue weighted by Crippen LogP contribution is 2.24. The summed E-state index contributed by atoms with van der Waals surface area (Å²) in [5.74, 6) is 1.60. The molecule has 0 radical (unpaired) electrons. The fraction of sp³-hybridized carbons (Fsp3) is 0.231. The van der Waals surface area contributed by atoms with Crippen molar-refractivity contribution in [3.8, 4) is 5.75 Å². The van der Waals surface area contributed by atoms with E-state index in [4.69, 9.17) is 14.9 Å². The van der Waals surface area contributed by atoms with Gasteiger partial charge in [-0.2, -0.15) is 0 Å². The van der Waals surface area contributed by atoms with Crippen LogP contribution in [0.15, 0.2) is 39.6 Å². The highest BCUT2D eigenvalue weighted by atomic mass is 32.2. The van der Waals surface area contributed by atoms with Crippen LogP contribution in [0.3, 0.4) is 0 Å². The third kappa shape index (κ3) is 3.12. The van der Waals surface area contributed by atoms with Crippen LogP contribution in [0, 0.1) is 6.92 Å². The first-order valence-corrected chi connectivity index (χ1v) is 7.39. The third-order valence-corrected chi connectivity index (χ3v) is 4.15. The van der Waals surface area contributed by atoms with Crippen molar-refractivity contribution >= 4 is 15.7 Å². The molecule has 0 aliphatic carbocycles. The van der Waals surface area contributed by atoms with Gasteiger partial charge in [0.25, 0.3) is 0 Å². The molecule has 0 spiro atoms. The molecule has 0 bridgehead atoms. The molecular weight excluding hydrogens is 280 g/mol. The minimum absolute atomic E-state index is 0.0862. The van der Waals surface area contributed by atoms with E-state index >= 15 is 0 Å². The number of rotatable bonds is 5. The molecule has 20 heavy (non-hydrogen) atoms. The van der Waals surface area contributed by atoms with Gasteiger partial charge in [0.1, 0.15) is 17.3 Å². The number of anilines is 1. The lowest BCUT2D eigenvalue weighted by molar-refractivity contribution is 0.415. The zero-order chi connectivity index (χ0) is 14.8. The van der Waals surface area contributed by atoms with Crippen LogP contribution in [0.25, 0.3) is 0 Å². The van der Waals surface area contributed by atoms with E-state index in [1.807, 2.05) is 0 Å². The van der Waals surface area contributed by atoms with Gasteiger partial charge >= 0.3 is 0 Å². The average Bonchev–Trinajstić information content (AvgIpc) is 2.83. The van der Waals surface area contributed by atoms with Gasteiger partial charge in [0.2, 0.25) is 10.0 Å². The highest BCUT2D eigenvalue weighted by molar-refractivity contribution is 7.89. The number of methoxy groups -OCH3 is 1. The van der Waals surface area contributed by atoms with E-state index in [1.54, 1.807) is 19.1 Å². The SMILES string of the molecule is COc1cc(S(=O)(=O)NCc2ccc(C)o2)ccc1N. The predicted octanol–water partition coefficient (Wildman–Crippen LogP) is 1.66. The molecule has 0 saturated heterocycles. The van der Waals surface area contributed by atoms with Crippen LogP contribution >= 0.6 is 0 Å². The summed E-state index contributed by atoms with van der Waals surface area (Å²) in [6.07, 6.45) is 0. The fourth-order valence-electron chi connectivity index (χ4n) is 1.69. The number of hydrogen-bond donors (Lipinski definition) is 2. The molecule has 1 aromatic heterocycles. The molecule has 0 fully saturated rings. The first kappa shape index (κ1) is 14.4. The Labute approximate surface area is 117 Å². The van der Waals surface area contributed by atoms with Gasteiger partial charge in [-0.25, -0.2) is 13.1 Å². The number of hydrogen-bond acceptors (Lipinski definition) is 5. The van der Waals surface area contributed by atoms with E-state index in [2.05, 4.69) is 4.72 Å². The second kappa shape index (κ2) is 5.56. The van der Waals surface area contributed by atoms with Crippen LogP contribution < -0.4 is 15.2 Å². The minimum atomic E-state index is -3.64. The van der Waals surface area contributed by atoms with E-state index in [0.717, 1.165) is 5.76 Å². The lowest BCUT2D eigenvalue weighted by Gasteiger charge is -2.09. The maximum atomic E-state index is 12.1. The van der Waals surface area contributed by atoms with Crippen LogP contribution in [0.1, 0.15) is 11.5 Å². The predicted molar refractivity (Wildman–Crippen MR) is 74.9 cm³/mol. The van der Waals surface area contributed by atoms with Crippen molar-refractivity contribution in [2.75, 3.05) is 12.8 Å². The maximum absolute atomic E-state index is 12.1. The summed E-state index contributed by atoms with van der Waals surface area (Å²) in [6, 6.07) is 7.79. The van der Waals surface area contributed by atoms with Crippen molar-refractivity contribution < 1.29 is 17.6 Å². The van der Waals surface area contributed by atoms with E-state index < -0.39 is 10.0 Å². The smallest absolute Gasteiger partial charge is 0.241 e. The molecular formula is C13H16N2O4S. The summed E-state index contributed by atoms with van der Waals surface area (Å²) < 4.78 is 37.1. The fourth-order valence-corrected chi connectivity index (χ4v) is 2.70. The molecule has 1 heterocycles. The van der Waals surface area contributed by atoms with Crippen LogP contribution in [-0.2, 0) is 16.6 Å². The van der Waals surface area contributed by atoms with Crippen molar-refractivity contribution in [1.29, 1.82) is 0 Å².